The van der Waals surface area contributed by atoms with Crippen LogP contribution in [0, 0.1) is 24.1 Å². The molecule has 1 aromatic heterocycles. The Morgan fingerprint density at radius 3 is 2.44 bits per heavy atom. The number of sulfonamides is 1. The van der Waals surface area contributed by atoms with Gasteiger partial charge in [0.2, 0.25) is 10.0 Å². The van der Waals surface area contributed by atoms with E-state index in [0.29, 0.717) is 42.4 Å². The highest BCUT2D eigenvalue weighted by atomic mass is 32.2. The number of nitrogens with zero attached hydrogens (tertiary/aromatic N) is 3. The van der Waals surface area contributed by atoms with E-state index in [4.69, 9.17) is 5.26 Å². The zero-order valence-electron chi connectivity index (χ0n) is 17.5. The summed E-state index contributed by atoms with van der Waals surface area (Å²) in [6.45, 7) is 2.21. The van der Waals surface area contributed by atoms with Gasteiger partial charge in [-0.15, -0.1) is 0 Å². The molecule has 3 aromatic rings. The van der Waals surface area contributed by atoms with Crippen molar-refractivity contribution in [3.63, 3.8) is 0 Å². The summed E-state index contributed by atoms with van der Waals surface area (Å²) in [5, 5.41) is 18.9. The fourth-order valence-electron chi connectivity index (χ4n) is 4.57. The van der Waals surface area contributed by atoms with Gasteiger partial charge in [0.15, 0.2) is 0 Å². The van der Waals surface area contributed by atoms with Crippen LogP contribution in [-0.4, -0.2) is 41.5 Å². The summed E-state index contributed by atoms with van der Waals surface area (Å²) in [7, 11) is -3.68. The maximum atomic E-state index is 14.0. The predicted molar refractivity (Wildman–Crippen MR) is 116 cm³/mol. The lowest BCUT2D eigenvalue weighted by Gasteiger charge is -2.31. The van der Waals surface area contributed by atoms with E-state index in [9.17, 15) is 22.7 Å². The van der Waals surface area contributed by atoms with Crippen LogP contribution in [0.5, 0.6) is 0 Å². The van der Waals surface area contributed by atoms with Crippen molar-refractivity contribution in [2.75, 3.05) is 13.1 Å². The first kappa shape index (κ1) is 22.0. The van der Waals surface area contributed by atoms with E-state index in [2.05, 4.69) is 0 Å². The Labute approximate surface area is 185 Å². The molecule has 0 saturated carbocycles. The molecule has 0 aliphatic carbocycles. The minimum absolute atomic E-state index is 0.0123. The number of piperidine rings is 1. The van der Waals surface area contributed by atoms with E-state index in [-0.39, 0.29) is 17.4 Å². The van der Waals surface area contributed by atoms with Gasteiger partial charge in [-0.3, -0.25) is 4.79 Å². The molecule has 7 nitrogen and oxygen atoms in total. The largest absolute Gasteiger partial charge is 0.480 e. The molecule has 1 aliphatic heterocycles. The summed E-state index contributed by atoms with van der Waals surface area (Å²) in [5.41, 5.74) is 2.70. The van der Waals surface area contributed by atoms with Gasteiger partial charge in [0, 0.05) is 29.7 Å². The molecule has 0 amide bonds. The molecular weight excluding hydrogens is 433 g/mol. The molecule has 1 saturated heterocycles. The Bertz CT molecular complexity index is 1330. The molecule has 1 aliphatic rings. The Morgan fingerprint density at radius 1 is 1.19 bits per heavy atom. The first-order chi connectivity index (χ1) is 15.2. The maximum Gasteiger partial charge on any atom is 0.323 e. The maximum absolute atomic E-state index is 14.0. The summed E-state index contributed by atoms with van der Waals surface area (Å²) in [5.74, 6) is -1.39. The van der Waals surface area contributed by atoms with Gasteiger partial charge in [0.1, 0.15) is 12.4 Å². The van der Waals surface area contributed by atoms with Crippen molar-refractivity contribution >= 4 is 26.9 Å². The van der Waals surface area contributed by atoms with Crippen LogP contribution in [0.2, 0.25) is 0 Å². The van der Waals surface area contributed by atoms with Crippen LogP contribution in [0.15, 0.2) is 47.4 Å². The number of hydrogen-bond acceptors (Lipinski definition) is 4. The average molecular weight is 456 g/mol. The minimum Gasteiger partial charge on any atom is -0.480 e. The summed E-state index contributed by atoms with van der Waals surface area (Å²) in [6.07, 6.45) is 1.08. The van der Waals surface area contributed by atoms with Gasteiger partial charge in [-0.05, 0) is 73.7 Å². The lowest BCUT2D eigenvalue weighted by atomic mass is 9.88. The highest BCUT2D eigenvalue weighted by Gasteiger charge is 2.32. The molecule has 9 heteroatoms. The molecule has 4 rings (SSSR count). The van der Waals surface area contributed by atoms with Gasteiger partial charge in [-0.25, -0.2) is 12.8 Å². The standard InChI is InChI=1S/C23H22FN3O4S/c1-15-23(20-12-18(24)4-7-21(20)27(15)14-22(28)29)17-8-10-26(11-9-17)32(30,31)19-5-2-16(13-25)3-6-19/h2-7,12,17H,8-11,14H2,1H3,(H,28,29). The van der Waals surface area contributed by atoms with E-state index < -0.39 is 21.8 Å². The number of carboxylic acids is 1. The summed E-state index contributed by atoms with van der Waals surface area (Å²) in [4.78, 5) is 11.5. The molecule has 2 heterocycles. The van der Waals surface area contributed by atoms with Gasteiger partial charge in [0.05, 0.1) is 16.5 Å². The Kier molecular flexibility index (Phi) is 5.75. The number of aliphatic carboxylic acids is 1. The third-order valence-corrected chi connectivity index (χ3v) is 8.02. The van der Waals surface area contributed by atoms with Crippen molar-refractivity contribution < 1.29 is 22.7 Å². The predicted octanol–water partition coefficient (Wildman–Crippen LogP) is 3.61. The van der Waals surface area contributed by atoms with Crippen LogP contribution in [-0.2, 0) is 21.4 Å². The van der Waals surface area contributed by atoms with Gasteiger partial charge in [0.25, 0.3) is 0 Å². The summed E-state index contributed by atoms with van der Waals surface area (Å²) >= 11 is 0. The Morgan fingerprint density at radius 2 is 1.84 bits per heavy atom. The molecule has 32 heavy (non-hydrogen) atoms. The van der Waals surface area contributed by atoms with E-state index in [1.165, 1.54) is 40.7 Å². The number of carboxylic acid groups (broad SMARTS) is 1. The highest BCUT2D eigenvalue weighted by molar-refractivity contribution is 7.89. The first-order valence-electron chi connectivity index (χ1n) is 10.2. The number of nitriles is 1. The van der Waals surface area contributed by atoms with Crippen molar-refractivity contribution in [3.05, 3.63) is 65.1 Å². The molecule has 0 unspecified atom stereocenters. The van der Waals surface area contributed by atoms with Crippen LogP contribution >= 0.6 is 0 Å². The van der Waals surface area contributed by atoms with Crippen LogP contribution in [0.3, 0.4) is 0 Å². The van der Waals surface area contributed by atoms with Gasteiger partial charge >= 0.3 is 5.97 Å². The molecule has 166 valence electrons. The zero-order valence-corrected chi connectivity index (χ0v) is 18.3. The van der Waals surface area contributed by atoms with Crippen molar-refractivity contribution in [2.24, 2.45) is 0 Å². The van der Waals surface area contributed by atoms with Crippen molar-refractivity contribution in [1.29, 1.82) is 5.26 Å². The number of halogens is 1. The number of rotatable bonds is 5. The number of fused-ring (bicyclic) bond motifs is 1. The van der Waals surface area contributed by atoms with Crippen LogP contribution in [0.4, 0.5) is 4.39 Å². The number of benzene rings is 2. The highest BCUT2D eigenvalue weighted by Crippen LogP contribution is 2.38. The number of aromatic nitrogens is 1. The molecular formula is C23H22FN3O4S. The smallest absolute Gasteiger partial charge is 0.323 e. The van der Waals surface area contributed by atoms with E-state index >= 15 is 0 Å². The van der Waals surface area contributed by atoms with Gasteiger partial charge in [-0.1, -0.05) is 0 Å². The van der Waals surface area contributed by atoms with Crippen molar-refractivity contribution in [1.82, 2.24) is 8.87 Å². The number of carbonyl (C=O) groups is 1. The Balaban J connectivity index is 1.62. The molecule has 1 N–H and O–H groups in total. The van der Waals surface area contributed by atoms with Gasteiger partial charge < -0.3 is 9.67 Å². The normalized spacial score (nSPS) is 15.7. The molecule has 0 radical (unpaired) electrons. The number of hydrogen-bond donors (Lipinski definition) is 1. The SMILES string of the molecule is Cc1c(C2CCN(S(=O)(=O)c3ccc(C#N)cc3)CC2)c2cc(F)ccc2n1CC(=O)O. The molecule has 2 aromatic carbocycles. The molecule has 0 bridgehead atoms. The minimum atomic E-state index is -3.68. The van der Waals surface area contributed by atoms with Crippen molar-refractivity contribution in [2.45, 2.75) is 37.1 Å². The van der Waals surface area contributed by atoms with E-state index in [0.717, 1.165) is 11.3 Å². The summed E-state index contributed by atoms with van der Waals surface area (Å²) in [6, 6.07) is 12.1. The summed E-state index contributed by atoms with van der Waals surface area (Å²) < 4.78 is 43.1. The van der Waals surface area contributed by atoms with Crippen LogP contribution < -0.4 is 0 Å². The third-order valence-electron chi connectivity index (χ3n) is 6.11. The topological polar surface area (TPSA) is 103 Å². The molecule has 0 atom stereocenters. The molecule has 0 spiro atoms. The molecule has 1 fully saturated rings. The fraction of sp³-hybridized carbons (Fsp3) is 0.304. The second kappa shape index (κ2) is 8.37. The van der Waals surface area contributed by atoms with E-state index in [1.54, 1.807) is 10.6 Å². The lowest BCUT2D eigenvalue weighted by Crippen LogP contribution is -2.38. The first-order valence-corrected chi connectivity index (χ1v) is 11.7. The Hall–Kier alpha value is -3.22. The second-order valence-electron chi connectivity index (χ2n) is 7.95. The van der Waals surface area contributed by atoms with Crippen LogP contribution in [0.25, 0.3) is 10.9 Å². The monoisotopic (exact) mass is 455 g/mol. The lowest BCUT2D eigenvalue weighted by molar-refractivity contribution is -0.137. The van der Waals surface area contributed by atoms with Gasteiger partial charge in [-0.2, -0.15) is 9.57 Å². The van der Waals surface area contributed by atoms with E-state index in [1.807, 2.05) is 13.0 Å². The average Bonchev–Trinajstić information content (AvgIpc) is 3.04. The quantitative estimate of drug-likeness (QED) is 0.633. The van der Waals surface area contributed by atoms with Crippen LogP contribution in [0.1, 0.15) is 35.6 Å². The third kappa shape index (κ3) is 3.87. The second-order valence-corrected chi connectivity index (χ2v) is 9.89. The zero-order chi connectivity index (χ0) is 23.0. The van der Waals surface area contributed by atoms with Crippen molar-refractivity contribution in [3.8, 4) is 6.07 Å². The fourth-order valence-corrected chi connectivity index (χ4v) is 6.04.